The predicted octanol–water partition coefficient (Wildman–Crippen LogP) is 2.71. The van der Waals surface area contributed by atoms with Crippen LogP contribution in [0.5, 0.6) is 0 Å². The molecular weight excluding hydrogens is 292 g/mol. The number of amides is 2. The molecule has 1 aliphatic heterocycles. The van der Waals surface area contributed by atoms with Gasteiger partial charge in [0.1, 0.15) is 5.76 Å². The molecule has 2 fully saturated rings. The molecule has 5 nitrogen and oxygen atoms in total. The van der Waals surface area contributed by atoms with Gasteiger partial charge in [-0.2, -0.15) is 0 Å². The van der Waals surface area contributed by atoms with Gasteiger partial charge >= 0.3 is 0 Å². The van der Waals surface area contributed by atoms with E-state index in [1.54, 1.807) is 6.26 Å². The Balaban J connectivity index is 1.42. The summed E-state index contributed by atoms with van der Waals surface area (Å²) in [5.74, 6) is 1.34. The molecule has 5 heteroatoms. The van der Waals surface area contributed by atoms with E-state index in [9.17, 15) is 9.59 Å². The maximum absolute atomic E-state index is 12.5. The third kappa shape index (κ3) is 4.15. The summed E-state index contributed by atoms with van der Waals surface area (Å²) in [6.07, 6.45) is 8.43. The first kappa shape index (κ1) is 16.1. The highest BCUT2D eigenvalue weighted by Crippen LogP contribution is 2.31. The Hall–Kier alpha value is -1.78. The Kier molecular flexibility index (Phi) is 5.36. The third-order valence-electron chi connectivity index (χ3n) is 5.13. The van der Waals surface area contributed by atoms with Crippen molar-refractivity contribution in [3.63, 3.8) is 0 Å². The Bertz CT molecular complexity index is 512. The van der Waals surface area contributed by atoms with Gasteiger partial charge in [-0.05, 0) is 57.1 Å². The average molecular weight is 318 g/mol. The second-order valence-corrected chi connectivity index (χ2v) is 6.73. The van der Waals surface area contributed by atoms with Crippen LogP contribution in [0.2, 0.25) is 0 Å². The standard InChI is InChI=1S/C18H26N2O3/c21-17(19-13-16-5-4-12-23-16)14-6-8-15(9-7-14)18(22)20-10-2-1-3-11-20/h4-5,12,14-15H,1-3,6-11,13H2,(H,19,21). The van der Waals surface area contributed by atoms with Crippen LogP contribution in [0.1, 0.15) is 50.7 Å². The van der Waals surface area contributed by atoms with Crippen LogP contribution in [-0.2, 0) is 16.1 Å². The normalized spacial score (nSPS) is 25.1. The smallest absolute Gasteiger partial charge is 0.225 e. The molecule has 1 aromatic heterocycles. The molecule has 0 unspecified atom stereocenters. The monoisotopic (exact) mass is 318 g/mol. The van der Waals surface area contributed by atoms with Crippen LogP contribution in [0.25, 0.3) is 0 Å². The molecule has 1 saturated carbocycles. The lowest BCUT2D eigenvalue weighted by Gasteiger charge is -2.33. The fourth-order valence-corrected chi connectivity index (χ4v) is 3.71. The quantitative estimate of drug-likeness (QED) is 0.928. The van der Waals surface area contributed by atoms with Gasteiger partial charge in [0.15, 0.2) is 0 Å². The summed E-state index contributed by atoms with van der Waals surface area (Å²) in [5.41, 5.74) is 0. The number of hydrogen-bond acceptors (Lipinski definition) is 3. The first-order valence-corrected chi connectivity index (χ1v) is 8.83. The van der Waals surface area contributed by atoms with E-state index in [2.05, 4.69) is 5.32 Å². The van der Waals surface area contributed by atoms with Crippen molar-refractivity contribution >= 4 is 11.8 Å². The zero-order chi connectivity index (χ0) is 16.1. The van der Waals surface area contributed by atoms with Crippen LogP contribution in [0.4, 0.5) is 0 Å². The number of nitrogens with one attached hydrogen (secondary N) is 1. The number of carbonyl (C=O) groups excluding carboxylic acids is 2. The van der Waals surface area contributed by atoms with Gasteiger partial charge in [-0.15, -0.1) is 0 Å². The molecule has 1 aliphatic carbocycles. The van der Waals surface area contributed by atoms with Crippen molar-refractivity contribution in [2.75, 3.05) is 13.1 Å². The number of piperidine rings is 1. The molecule has 1 aromatic rings. The van der Waals surface area contributed by atoms with Crippen molar-refractivity contribution < 1.29 is 14.0 Å². The van der Waals surface area contributed by atoms with E-state index in [0.717, 1.165) is 57.4 Å². The van der Waals surface area contributed by atoms with Crippen molar-refractivity contribution in [1.29, 1.82) is 0 Å². The number of likely N-dealkylation sites (tertiary alicyclic amines) is 1. The van der Waals surface area contributed by atoms with Crippen LogP contribution in [0, 0.1) is 11.8 Å². The van der Waals surface area contributed by atoms with Crippen molar-refractivity contribution in [2.24, 2.45) is 11.8 Å². The van der Waals surface area contributed by atoms with Gasteiger partial charge in [-0.1, -0.05) is 0 Å². The van der Waals surface area contributed by atoms with Crippen LogP contribution in [0.15, 0.2) is 22.8 Å². The van der Waals surface area contributed by atoms with Gasteiger partial charge in [0, 0.05) is 24.9 Å². The maximum atomic E-state index is 12.5. The Morgan fingerprint density at radius 1 is 1.09 bits per heavy atom. The summed E-state index contributed by atoms with van der Waals surface area (Å²) in [6.45, 7) is 2.28. The van der Waals surface area contributed by atoms with Crippen LogP contribution >= 0.6 is 0 Å². The summed E-state index contributed by atoms with van der Waals surface area (Å²) < 4.78 is 5.22. The Morgan fingerprint density at radius 2 is 1.78 bits per heavy atom. The minimum absolute atomic E-state index is 0.0374. The number of rotatable bonds is 4. The SMILES string of the molecule is O=C(NCc1ccco1)C1CCC(C(=O)N2CCCCC2)CC1. The highest BCUT2D eigenvalue weighted by atomic mass is 16.3. The fourth-order valence-electron chi connectivity index (χ4n) is 3.71. The summed E-state index contributed by atoms with van der Waals surface area (Å²) >= 11 is 0. The van der Waals surface area contributed by atoms with Crippen molar-refractivity contribution in [3.8, 4) is 0 Å². The second-order valence-electron chi connectivity index (χ2n) is 6.73. The fraction of sp³-hybridized carbons (Fsp3) is 0.667. The van der Waals surface area contributed by atoms with E-state index in [1.807, 2.05) is 17.0 Å². The first-order valence-electron chi connectivity index (χ1n) is 8.83. The molecule has 0 spiro atoms. The van der Waals surface area contributed by atoms with E-state index >= 15 is 0 Å². The summed E-state index contributed by atoms with van der Waals surface area (Å²) in [7, 11) is 0. The lowest BCUT2D eigenvalue weighted by molar-refractivity contribution is -0.139. The van der Waals surface area contributed by atoms with Crippen LogP contribution in [0.3, 0.4) is 0 Å². The Labute approximate surface area is 137 Å². The zero-order valence-corrected chi connectivity index (χ0v) is 13.6. The highest BCUT2D eigenvalue weighted by Gasteiger charge is 2.32. The number of hydrogen-bond donors (Lipinski definition) is 1. The van der Waals surface area contributed by atoms with Gasteiger partial charge in [0.2, 0.25) is 11.8 Å². The topological polar surface area (TPSA) is 62.6 Å². The van der Waals surface area contributed by atoms with E-state index in [0.29, 0.717) is 12.5 Å². The van der Waals surface area contributed by atoms with E-state index in [-0.39, 0.29) is 17.7 Å². The average Bonchev–Trinajstić information content (AvgIpc) is 3.13. The number of carbonyl (C=O) groups is 2. The number of nitrogens with zero attached hydrogens (tertiary/aromatic N) is 1. The van der Waals surface area contributed by atoms with E-state index in [4.69, 9.17) is 4.42 Å². The van der Waals surface area contributed by atoms with Gasteiger partial charge < -0.3 is 14.6 Å². The summed E-state index contributed by atoms with van der Waals surface area (Å²) in [4.78, 5) is 26.8. The molecule has 2 heterocycles. The summed E-state index contributed by atoms with van der Waals surface area (Å²) in [5, 5.41) is 2.93. The molecule has 0 atom stereocenters. The third-order valence-corrected chi connectivity index (χ3v) is 5.13. The molecule has 3 rings (SSSR count). The van der Waals surface area contributed by atoms with E-state index < -0.39 is 0 Å². The maximum Gasteiger partial charge on any atom is 0.225 e. The van der Waals surface area contributed by atoms with Gasteiger partial charge in [-0.25, -0.2) is 0 Å². The number of furan rings is 1. The van der Waals surface area contributed by atoms with Crippen LogP contribution < -0.4 is 5.32 Å². The molecule has 2 amide bonds. The van der Waals surface area contributed by atoms with Crippen LogP contribution in [-0.4, -0.2) is 29.8 Å². The predicted molar refractivity (Wildman–Crippen MR) is 86.4 cm³/mol. The largest absolute Gasteiger partial charge is 0.467 e. The van der Waals surface area contributed by atoms with Crippen molar-refractivity contribution in [3.05, 3.63) is 24.2 Å². The van der Waals surface area contributed by atoms with Gasteiger partial charge in [0.25, 0.3) is 0 Å². The molecule has 2 aliphatic rings. The minimum Gasteiger partial charge on any atom is -0.467 e. The highest BCUT2D eigenvalue weighted by molar-refractivity contribution is 5.81. The molecule has 0 bridgehead atoms. The molecule has 0 radical (unpaired) electrons. The molecule has 1 N–H and O–H groups in total. The molecule has 23 heavy (non-hydrogen) atoms. The minimum atomic E-state index is 0.0374. The first-order chi connectivity index (χ1) is 11.2. The second kappa shape index (κ2) is 7.66. The lowest BCUT2D eigenvalue weighted by Crippen LogP contribution is -2.42. The van der Waals surface area contributed by atoms with Gasteiger partial charge in [0.05, 0.1) is 12.8 Å². The molecule has 0 aromatic carbocycles. The zero-order valence-electron chi connectivity index (χ0n) is 13.6. The van der Waals surface area contributed by atoms with Gasteiger partial charge in [-0.3, -0.25) is 9.59 Å². The van der Waals surface area contributed by atoms with Crippen molar-refractivity contribution in [2.45, 2.75) is 51.5 Å². The molecular formula is C18H26N2O3. The lowest BCUT2D eigenvalue weighted by atomic mass is 9.80. The summed E-state index contributed by atoms with van der Waals surface area (Å²) in [6, 6.07) is 3.67. The van der Waals surface area contributed by atoms with E-state index in [1.165, 1.54) is 6.42 Å². The van der Waals surface area contributed by atoms with Crippen molar-refractivity contribution in [1.82, 2.24) is 10.2 Å². The Morgan fingerprint density at radius 3 is 2.43 bits per heavy atom. The molecule has 1 saturated heterocycles. The molecule has 126 valence electrons.